The molecule has 1 heterocycles. The Kier molecular flexibility index (Phi) is 5.66. The van der Waals surface area contributed by atoms with E-state index in [0.717, 1.165) is 22.0 Å². The zero-order valence-corrected chi connectivity index (χ0v) is 15.8. The van der Waals surface area contributed by atoms with Gasteiger partial charge in [0.2, 0.25) is 5.91 Å². The predicted octanol–water partition coefficient (Wildman–Crippen LogP) is 2.78. The molecule has 3 aromatic rings. The van der Waals surface area contributed by atoms with Crippen molar-refractivity contribution in [2.24, 2.45) is 5.73 Å². The Morgan fingerprint density at radius 2 is 1.89 bits per heavy atom. The molecular weight excluding hydrogens is 342 g/mol. The minimum Gasteiger partial charge on any atom is -0.493 e. The summed E-state index contributed by atoms with van der Waals surface area (Å²) in [5.41, 5.74) is 8.76. The van der Waals surface area contributed by atoms with Crippen LogP contribution in [0.4, 0.5) is 0 Å². The van der Waals surface area contributed by atoms with E-state index in [0.29, 0.717) is 18.0 Å². The number of hydrogen-bond acceptors (Lipinski definition) is 4. The molecule has 0 saturated heterocycles. The van der Waals surface area contributed by atoms with Gasteiger partial charge in [0.1, 0.15) is 0 Å². The fraction of sp³-hybridized carbons (Fsp3) is 0.286. The Bertz CT molecular complexity index is 933. The van der Waals surface area contributed by atoms with Gasteiger partial charge in [-0.1, -0.05) is 30.3 Å². The second-order valence-corrected chi connectivity index (χ2v) is 6.46. The average molecular weight is 367 g/mol. The molecular formula is C21H25N3O3. The molecule has 2 atom stereocenters. The zero-order valence-electron chi connectivity index (χ0n) is 15.8. The number of aromatic nitrogens is 1. The van der Waals surface area contributed by atoms with Crippen LogP contribution in [0.3, 0.4) is 0 Å². The third-order valence-electron chi connectivity index (χ3n) is 4.70. The molecule has 1 aromatic heterocycles. The summed E-state index contributed by atoms with van der Waals surface area (Å²) in [5, 5.41) is 4.05. The fourth-order valence-electron chi connectivity index (χ4n) is 3.32. The molecule has 6 heteroatoms. The van der Waals surface area contributed by atoms with Gasteiger partial charge >= 0.3 is 0 Å². The molecule has 3 rings (SSSR count). The normalized spacial score (nSPS) is 13.2. The molecule has 0 radical (unpaired) electrons. The van der Waals surface area contributed by atoms with Crippen molar-refractivity contribution in [1.29, 1.82) is 0 Å². The molecule has 2 unspecified atom stereocenters. The fourth-order valence-corrected chi connectivity index (χ4v) is 3.32. The monoisotopic (exact) mass is 367 g/mol. The second kappa shape index (κ2) is 8.14. The van der Waals surface area contributed by atoms with Crippen molar-refractivity contribution in [3.63, 3.8) is 0 Å². The van der Waals surface area contributed by atoms with Gasteiger partial charge in [-0.05, 0) is 24.6 Å². The molecule has 1 amide bonds. The van der Waals surface area contributed by atoms with Crippen LogP contribution in [0, 0.1) is 0 Å². The zero-order chi connectivity index (χ0) is 19.4. The lowest BCUT2D eigenvalue weighted by Gasteiger charge is -2.22. The minimum absolute atomic E-state index is 0.131. The maximum atomic E-state index is 12.1. The third kappa shape index (κ3) is 3.75. The minimum atomic E-state index is -0.569. The van der Waals surface area contributed by atoms with E-state index in [9.17, 15) is 4.79 Å². The van der Waals surface area contributed by atoms with Gasteiger partial charge in [-0.3, -0.25) is 4.79 Å². The van der Waals surface area contributed by atoms with Crippen LogP contribution in [-0.4, -0.2) is 37.7 Å². The van der Waals surface area contributed by atoms with Crippen LogP contribution in [-0.2, 0) is 4.79 Å². The summed E-state index contributed by atoms with van der Waals surface area (Å²) in [7, 11) is 3.23. The number of H-pyrrole nitrogens is 1. The van der Waals surface area contributed by atoms with Crippen molar-refractivity contribution in [1.82, 2.24) is 10.3 Å². The number of fused-ring (bicyclic) bond motifs is 1. The number of carbonyl (C=O) groups is 1. The molecule has 0 saturated carbocycles. The Labute approximate surface area is 158 Å². The van der Waals surface area contributed by atoms with Crippen molar-refractivity contribution in [3.8, 4) is 11.5 Å². The Morgan fingerprint density at radius 1 is 1.11 bits per heavy atom. The van der Waals surface area contributed by atoms with Crippen LogP contribution in [0.15, 0.2) is 48.7 Å². The van der Waals surface area contributed by atoms with Crippen molar-refractivity contribution in [2.45, 2.75) is 18.9 Å². The maximum absolute atomic E-state index is 12.1. The van der Waals surface area contributed by atoms with E-state index in [-0.39, 0.29) is 11.8 Å². The highest BCUT2D eigenvalue weighted by molar-refractivity contribution is 5.85. The van der Waals surface area contributed by atoms with Gasteiger partial charge in [0, 0.05) is 35.1 Å². The molecule has 2 aromatic carbocycles. The topological polar surface area (TPSA) is 89.4 Å². The van der Waals surface area contributed by atoms with Crippen LogP contribution in [0.5, 0.6) is 11.5 Å². The van der Waals surface area contributed by atoms with E-state index in [1.54, 1.807) is 21.1 Å². The van der Waals surface area contributed by atoms with Gasteiger partial charge in [0.15, 0.2) is 11.5 Å². The number of amides is 1. The number of methoxy groups -OCH3 is 2. The number of aromatic amines is 1. The maximum Gasteiger partial charge on any atom is 0.236 e. The standard InChI is InChI=1S/C21H25N3O3/c1-13(22)21(25)24-12-17(15-8-6-10-19(26-2)20(15)27-3)16-11-23-18-9-5-4-7-14(16)18/h4-11,13,17,23H,12,22H2,1-3H3,(H,24,25). The van der Waals surface area contributed by atoms with Crippen molar-refractivity contribution < 1.29 is 14.3 Å². The summed E-state index contributed by atoms with van der Waals surface area (Å²) in [5.74, 6) is 0.985. The van der Waals surface area contributed by atoms with E-state index < -0.39 is 6.04 Å². The van der Waals surface area contributed by atoms with Crippen LogP contribution in [0.1, 0.15) is 24.0 Å². The lowest BCUT2D eigenvalue weighted by Crippen LogP contribution is -2.40. The number of hydrogen-bond donors (Lipinski definition) is 3. The number of para-hydroxylation sites is 2. The quantitative estimate of drug-likeness (QED) is 0.599. The second-order valence-electron chi connectivity index (χ2n) is 6.46. The average Bonchev–Trinajstić information content (AvgIpc) is 3.11. The van der Waals surface area contributed by atoms with Gasteiger partial charge in [-0.2, -0.15) is 0 Å². The number of benzene rings is 2. The molecule has 0 aliphatic heterocycles. The van der Waals surface area contributed by atoms with E-state index in [2.05, 4.69) is 16.4 Å². The van der Waals surface area contributed by atoms with Crippen molar-refractivity contribution >= 4 is 16.8 Å². The molecule has 0 spiro atoms. The van der Waals surface area contributed by atoms with E-state index in [1.165, 1.54) is 0 Å². The van der Waals surface area contributed by atoms with Crippen LogP contribution in [0.2, 0.25) is 0 Å². The summed E-state index contributed by atoms with van der Waals surface area (Å²) in [6.07, 6.45) is 1.98. The van der Waals surface area contributed by atoms with Gasteiger partial charge in [-0.25, -0.2) is 0 Å². The lowest BCUT2D eigenvalue weighted by molar-refractivity contribution is -0.122. The summed E-state index contributed by atoms with van der Waals surface area (Å²) in [4.78, 5) is 15.4. The Morgan fingerprint density at radius 3 is 2.59 bits per heavy atom. The first kappa shape index (κ1) is 18.8. The molecule has 4 N–H and O–H groups in total. The number of carbonyl (C=O) groups excluding carboxylic acids is 1. The first-order chi connectivity index (χ1) is 13.1. The van der Waals surface area contributed by atoms with Crippen molar-refractivity contribution in [2.75, 3.05) is 20.8 Å². The van der Waals surface area contributed by atoms with Gasteiger partial charge in [0.05, 0.1) is 20.3 Å². The van der Waals surface area contributed by atoms with Crippen LogP contribution in [0.25, 0.3) is 10.9 Å². The van der Waals surface area contributed by atoms with E-state index >= 15 is 0 Å². The highest BCUT2D eigenvalue weighted by Crippen LogP contribution is 2.40. The molecule has 142 valence electrons. The molecule has 0 aliphatic carbocycles. The summed E-state index contributed by atoms with van der Waals surface area (Å²) in [6.45, 7) is 2.06. The largest absolute Gasteiger partial charge is 0.493 e. The molecule has 0 fully saturated rings. The molecule has 0 aliphatic rings. The predicted molar refractivity (Wildman–Crippen MR) is 106 cm³/mol. The Balaban J connectivity index is 2.09. The molecule has 6 nitrogen and oxygen atoms in total. The first-order valence-corrected chi connectivity index (χ1v) is 8.87. The number of ether oxygens (including phenoxy) is 2. The number of nitrogens with one attached hydrogen (secondary N) is 2. The van der Waals surface area contributed by atoms with Crippen LogP contribution >= 0.6 is 0 Å². The SMILES string of the molecule is COc1cccc(C(CNC(=O)C(C)N)c2c[nH]c3ccccc23)c1OC. The van der Waals surface area contributed by atoms with Gasteiger partial charge in [-0.15, -0.1) is 0 Å². The van der Waals surface area contributed by atoms with E-state index in [4.69, 9.17) is 15.2 Å². The summed E-state index contributed by atoms with van der Waals surface area (Å²) < 4.78 is 11.1. The van der Waals surface area contributed by atoms with Gasteiger partial charge in [0.25, 0.3) is 0 Å². The lowest BCUT2D eigenvalue weighted by atomic mass is 9.89. The van der Waals surface area contributed by atoms with Crippen LogP contribution < -0.4 is 20.5 Å². The van der Waals surface area contributed by atoms with E-state index in [1.807, 2.05) is 42.6 Å². The highest BCUT2D eigenvalue weighted by atomic mass is 16.5. The Hall–Kier alpha value is -2.99. The highest BCUT2D eigenvalue weighted by Gasteiger charge is 2.24. The van der Waals surface area contributed by atoms with Crippen molar-refractivity contribution in [3.05, 3.63) is 59.8 Å². The molecule has 27 heavy (non-hydrogen) atoms. The number of rotatable bonds is 7. The smallest absolute Gasteiger partial charge is 0.236 e. The summed E-state index contributed by atoms with van der Waals surface area (Å²) >= 11 is 0. The number of nitrogens with two attached hydrogens (primary N) is 1. The van der Waals surface area contributed by atoms with Gasteiger partial charge < -0.3 is 25.5 Å². The first-order valence-electron chi connectivity index (χ1n) is 8.87. The third-order valence-corrected chi connectivity index (χ3v) is 4.70. The summed E-state index contributed by atoms with van der Waals surface area (Å²) in [6, 6.07) is 13.3. The molecule has 0 bridgehead atoms.